The molecule has 0 spiro atoms. The van der Waals surface area contributed by atoms with Crippen molar-refractivity contribution < 1.29 is 28.4 Å². The second-order valence-corrected chi connectivity index (χ2v) is 8.82. The summed E-state index contributed by atoms with van der Waals surface area (Å²) in [4.78, 5) is 34.8. The number of hydrogen-bond donors (Lipinski definition) is 2. The van der Waals surface area contributed by atoms with Crippen molar-refractivity contribution in [2.75, 3.05) is 27.1 Å². The van der Waals surface area contributed by atoms with Crippen molar-refractivity contribution in [1.29, 1.82) is 0 Å². The molecule has 2 atom stereocenters. The van der Waals surface area contributed by atoms with Crippen LogP contribution in [0.1, 0.15) is 5.78 Å². The van der Waals surface area contributed by atoms with E-state index in [-0.39, 0.29) is 23.1 Å². The molecule has 144 valence electrons. The fraction of sp³-hybridized carbons (Fsp3) is 0.286. The number of fused-ring (bicyclic) bond motifs is 1. The first-order chi connectivity index (χ1) is 12.8. The molecule has 0 saturated heterocycles. The van der Waals surface area contributed by atoms with Crippen LogP contribution < -0.4 is 5.73 Å². The molecule has 2 unspecified atom stereocenters. The number of carbonyl (C=O) groups excluding carboxylic acids is 1. The predicted octanol–water partition coefficient (Wildman–Crippen LogP) is 0.800. The van der Waals surface area contributed by atoms with E-state index < -0.39 is 18.2 Å². The van der Waals surface area contributed by atoms with E-state index in [2.05, 4.69) is 15.0 Å². The van der Waals surface area contributed by atoms with E-state index >= 15 is 0 Å². The predicted molar refractivity (Wildman–Crippen MR) is 97.5 cm³/mol. The number of esters is 1. The van der Waals surface area contributed by atoms with Crippen LogP contribution in [0.25, 0.3) is 11.2 Å². The third-order valence-electron chi connectivity index (χ3n) is 3.79. The summed E-state index contributed by atoms with van der Waals surface area (Å²) in [5.74, 6) is -1.56. The molecule has 3 heterocycles. The number of cyclic esters (lactones) is 1. The van der Waals surface area contributed by atoms with E-state index in [1.54, 1.807) is 0 Å². The smallest absolute Gasteiger partial charge is 0.383 e. The van der Waals surface area contributed by atoms with Crippen LogP contribution in [0, 0.1) is 0 Å². The Bertz CT molecular complexity index is 1020. The number of methoxy groups -OCH3 is 2. The molecule has 0 saturated carbocycles. The van der Waals surface area contributed by atoms with Gasteiger partial charge in [-0.25, -0.2) is 19.7 Å². The van der Waals surface area contributed by atoms with Crippen molar-refractivity contribution in [3.8, 4) is 0 Å². The highest BCUT2D eigenvalue weighted by Gasteiger charge is 2.36. The Morgan fingerprint density at radius 2 is 2.00 bits per heavy atom. The molecule has 11 nitrogen and oxygen atoms in total. The van der Waals surface area contributed by atoms with Crippen LogP contribution >= 0.6 is 6.49 Å². The highest BCUT2D eigenvalue weighted by molar-refractivity contribution is 8.09. The van der Waals surface area contributed by atoms with Crippen molar-refractivity contribution >= 4 is 41.2 Å². The van der Waals surface area contributed by atoms with E-state index in [0.29, 0.717) is 11.2 Å². The maximum absolute atomic E-state index is 11.9. The average molecular weight is 413 g/mol. The summed E-state index contributed by atoms with van der Waals surface area (Å²) in [5.41, 5.74) is 6.46. The molecular formula is C14H16N5O6PS. The van der Waals surface area contributed by atoms with Crippen LogP contribution in [0.3, 0.4) is 0 Å². The first-order valence-electron chi connectivity index (χ1n) is 7.41. The van der Waals surface area contributed by atoms with Gasteiger partial charge in [-0.1, -0.05) is 0 Å². The molecule has 0 aliphatic carbocycles. The van der Waals surface area contributed by atoms with Gasteiger partial charge in [-0.05, 0) is 17.9 Å². The van der Waals surface area contributed by atoms with Crippen molar-refractivity contribution in [1.82, 2.24) is 19.5 Å². The summed E-state index contributed by atoms with van der Waals surface area (Å²) in [7, 11) is 3.94. The van der Waals surface area contributed by atoms with Gasteiger partial charge in [0.05, 0.1) is 20.5 Å². The summed E-state index contributed by atoms with van der Waals surface area (Å²) in [6.07, 6.45) is 4.04. The molecule has 1 aliphatic rings. The molecule has 3 rings (SSSR count). The minimum Gasteiger partial charge on any atom is -0.490 e. The maximum atomic E-state index is 11.9. The minimum atomic E-state index is -3.46. The van der Waals surface area contributed by atoms with Crippen LogP contribution in [-0.4, -0.2) is 51.7 Å². The zero-order chi connectivity index (χ0) is 19.8. The molecule has 0 fully saturated rings. The highest BCUT2D eigenvalue weighted by Crippen LogP contribution is 2.56. The normalized spacial score (nSPS) is 19.3. The summed E-state index contributed by atoms with van der Waals surface area (Å²) in [6, 6.07) is 0. The number of hydrogen-bond acceptors (Lipinski definition) is 10. The Hall–Kier alpha value is -2.53. The van der Waals surface area contributed by atoms with Gasteiger partial charge >= 0.3 is 5.97 Å². The summed E-state index contributed by atoms with van der Waals surface area (Å²) >= 11 is 5.25. The topological polar surface area (TPSA) is 144 Å². The van der Waals surface area contributed by atoms with E-state index in [1.807, 2.05) is 0 Å². The molecule has 0 radical (unpaired) electrons. The van der Waals surface area contributed by atoms with Crippen LogP contribution in [0.4, 0.5) is 5.82 Å². The molecule has 27 heavy (non-hydrogen) atoms. The van der Waals surface area contributed by atoms with Crippen molar-refractivity contribution in [3.05, 3.63) is 36.0 Å². The first kappa shape index (κ1) is 19.2. The van der Waals surface area contributed by atoms with E-state index in [1.165, 1.54) is 44.6 Å². The third-order valence-corrected chi connectivity index (χ3v) is 6.48. The van der Waals surface area contributed by atoms with Crippen LogP contribution in [-0.2, 0) is 35.3 Å². The molecule has 13 heteroatoms. The van der Waals surface area contributed by atoms with Crippen molar-refractivity contribution in [2.24, 2.45) is 0 Å². The van der Waals surface area contributed by atoms with Crippen LogP contribution in [0.15, 0.2) is 36.0 Å². The number of aromatic nitrogens is 4. The standard InChI is InChI=1S/C14H16N5O6PS/c1-22-10-7(25-14(20)11(10)23-2)4-8(26(21,27)24-3)19-6-18-9-12(15)16-5-17-13(9)19/h4-6,8H,1-3H3,(H,21,27)(H2,15,16,17)/b7-4-. The van der Waals surface area contributed by atoms with Gasteiger partial charge in [-0.2, -0.15) is 0 Å². The minimum absolute atomic E-state index is 0.0218. The van der Waals surface area contributed by atoms with Crippen LogP contribution in [0.2, 0.25) is 0 Å². The molecule has 0 aromatic carbocycles. The number of nitrogens with zero attached hydrogens (tertiary/aromatic N) is 4. The van der Waals surface area contributed by atoms with Crippen molar-refractivity contribution in [2.45, 2.75) is 5.78 Å². The molecule has 2 aromatic rings. The Morgan fingerprint density at radius 1 is 1.30 bits per heavy atom. The molecule has 1 aliphatic heterocycles. The Morgan fingerprint density at radius 3 is 2.63 bits per heavy atom. The number of nitrogens with two attached hydrogens (primary N) is 1. The number of nitrogen functional groups attached to an aromatic ring is 1. The Balaban J connectivity index is 2.19. The first-order valence-corrected chi connectivity index (χ1v) is 10.2. The van der Waals surface area contributed by atoms with E-state index in [4.69, 9.17) is 36.3 Å². The monoisotopic (exact) mass is 413 g/mol. The average Bonchev–Trinajstić information content (AvgIpc) is 3.20. The molecule has 0 amide bonds. The zero-order valence-corrected chi connectivity index (χ0v) is 16.2. The lowest BCUT2D eigenvalue weighted by molar-refractivity contribution is -0.136. The number of imidazole rings is 1. The molecule has 0 bridgehead atoms. The summed E-state index contributed by atoms with van der Waals surface area (Å²) in [6.45, 7) is -3.46. The van der Waals surface area contributed by atoms with Gasteiger partial charge in [0.25, 0.3) is 5.76 Å². The molecule has 3 N–H and O–H groups in total. The number of ether oxygens (including phenoxy) is 3. The van der Waals surface area contributed by atoms with Gasteiger partial charge in [0, 0.05) is 7.11 Å². The van der Waals surface area contributed by atoms with Gasteiger partial charge < -0.3 is 29.4 Å². The Kier molecular flexibility index (Phi) is 5.16. The number of rotatable bonds is 6. The zero-order valence-electron chi connectivity index (χ0n) is 14.5. The molecule has 2 aromatic heterocycles. The fourth-order valence-corrected chi connectivity index (χ4v) is 4.03. The van der Waals surface area contributed by atoms with E-state index in [9.17, 15) is 9.69 Å². The van der Waals surface area contributed by atoms with Gasteiger partial charge in [0.2, 0.25) is 12.3 Å². The van der Waals surface area contributed by atoms with Gasteiger partial charge in [-0.15, -0.1) is 0 Å². The molecular weight excluding hydrogens is 397 g/mol. The number of anilines is 1. The van der Waals surface area contributed by atoms with Gasteiger partial charge in [0.15, 0.2) is 17.2 Å². The van der Waals surface area contributed by atoms with Crippen molar-refractivity contribution in [3.63, 3.8) is 0 Å². The summed E-state index contributed by atoms with van der Waals surface area (Å²) in [5, 5.41) is 0. The lowest BCUT2D eigenvalue weighted by atomic mass is 10.3. The second-order valence-electron chi connectivity index (χ2n) is 5.23. The second kappa shape index (κ2) is 7.24. The summed E-state index contributed by atoms with van der Waals surface area (Å²) < 4.78 is 22.0. The lowest BCUT2D eigenvalue weighted by Gasteiger charge is -2.23. The fourth-order valence-electron chi connectivity index (χ4n) is 2.51. The van der Waals surface area contributed by atoms with Crippen LogP contribution in [0.5, 0.6) is 0 Å². The maximum Gasteiger partial charge on any atom is 0.383 e. The lowest BCUT2D eigenvalue weighted by Crippen LogP contribution is -2.10. The number of allylic oxidation sites excluding steroid dienone is 1. The SMILES string of the molecule is COC1=C(OC)/C(=C/C(n2cnc3c(N)ncnc32)P(O)(=S)OC)OC1=O. The van der Waals surface area contributed by atoms with E-state index in [0.717, 1.165) is 0 Å². The van der Waals surface area contributed by atoms with Gasteiger partial charge in [0.1, 0.15) is 17.6 Å². The van der Waals surface area contributed by atoms with Gasteiger partial charge in [-0.3, -0.25) is 4.57 Å². The largest absolute Gasteiger partial charge is 0.490 e. The quantitative estimate of drug-likeness (QED) is 0.512. The Labute approximate surface area is 158 Å². The highest BCUT2D eigenvalue weighted by atomic mass is 32.5. The number of carbonyl (C=O) groups is 1. The third kappa shape index (κ3) is 3.28.